The fourth-order valence-corrected chi connectivity index (χ4v) is 3.09. The van der Waals surface area contributed by atoms with Gasteiger partial charge >= 0.3 is 10.4 Å². The topological polar surface area (TPSA) is 109 Å². The second-order valence-corrected chi connectivity index (χ2v) is 7.62. The fraction of sp³-hybridized carbons (Fsp3) is 0.222. The van der Waals surface area contributed by atoms with E-state index in [2.05, 4.69) is 52.2 Å². The molecule has 1 unspecified atom stereocenters. The van der Waals surface area contributed by atoms with Crippen molar-refractivity contribution >= 4 is 43.8 Å². The Morgan fingerprint density at radius 1 is 1.15 bits per heavy atom. The van der Waals surface area contributed by atoms with Gasteiger partial charge in [-0.3, -0.25) is 9.11 Å². The van der Waals surface area contributed by atoms with Gasteiger partial charge in [0.1, 0.15) is 11.5 Å². The Hall–Kier alpha value is -1.66. The normalized spacial score (nSPS) is 12.3. The minimum absolute atomic E-state index is 0.0956. The Bertz CT molecular complexity index is 951. The fourth-order valence-electron chi connectivity index (χ4n) is 2.49. The lowest BCUT2D eigenvalue weighted by Crippen LogP contribution is -2.16. The number of rotatable bonds is 6. The molecule has 0 aliphatic carbocycles. The molecule has 0 fully saturated rings. The summed E-state index contributed by atoms with van der Waals surface area (Å²) in [6, 6.07) is 16.4. The monoisotopic (exact) mass is 505 g/mol. The summed E-state index contributed by atoms with van der Waals surface area (Å²) in [4.78, 5) is 0. The van der Waals surface area contributed by atoms with E-state index in [1.54, 1.807) is 6.26 Å². The van der Waals surface area contributed by atoms with Gasteiger partial charge in [0.25, 0.3) is 0 Å². The van der Waals surface area contributed by atoms with Crippen LogP contribution in [0.15, 0.2) is 59.2 Å². The number of halogens is 1. The molecule has 0 saturated carbocycles. The lowest BCUT2D eigenvalue weighted by Gasteiger charge is -2.19. The van der Waals surface area contributed by atoms with E-state index in [4.69, 9.17) is 26.7 Å². The van der Waals surface area contributed by atoms with Crippen molar-refractivity contribution in [1.29, 1.82) is 0 Å². The molecule has 7 nitrogen and oxygen atoms in total. The van der Waals surface area contributed by atoms with Crippen molar-refractivity contribution in [3.63, 3.8) is 0 Å². The number of benzene rings is 2. The van der Waals surface area contributed by atoms with E-state index in [-0.39, 0.29) is 6.10 Å². The Balaban J connectivity index is 0.000000465. The van der Waals surface area contributed by atoms with Crippen LogP contribution in [0.25, 0.3) is 10.8 Å². The average molecular weight is 505 g/mol. The molecule has 9 heteroatoms. The SMILES string of the molecule is CNCCC(Oc1c(I)ccc2ccccc12)c1ccco1.O=S(=O)(O)O. The van der Waals surface area contributed by atoms with Gasteiger partial charge in [0.15, 0.2) is 6.10 Å². The zero-order valence-corrected chi connectivity index (χ0v) is 17.5. The van der Waals surface area contributed by atoms with Crippen molar-refractivity contribution in [3.05, 3.63) is 64.1 Å². The molecule has 1 heterocycles. The lowest BCUT2D eigenvalue weighted by atomic mass is 10.1. The third kappa shape index (κ3) is 7.11. The van der Waals surface area contributed by atoms with Gasteiger partial charge in [0.2, 0.25) is 0 Å². The first kappa shape index (κ1) is 21.6. The molecule has 27 heavy (non-hydrogen) atoms. The summed E-state index contributed by atoms with van der Waals surface area (Å²) in [6.45, 7) is 0.868. The second-order valence-electron chi connectivity index (χ2n) is 5.56. The van der Waals surface area contributed by atoms with E-state index in [1.165, 1.54) is 5.39 Å². The molecule has 0 aliphatic rings. The van der Waals surface area contributed by atoms with E-state index >= 15 is 0 Å². The zero-order chi connectivity index (χ0) is 19.9. The number of hydrogen-bond donors (Lipinski definition) is 3. The van der Waals surface area contributed by atoms with Crippen LogP contribution in [-0.2, 0) is 10.4 Å². The standard InChI is InChI=1S/C18H18INO2.H2O4S/c1-20-11-10-17(16-7-4-12-21-16)22-18-14-6-3-2-5-13(14)8-9-15(18)19;1-5(2,3)4/h2-9,12,17,20H,10-11H2,1H3;(H2,1,2,3,4). The van der Waals surface area contributed by atoms with E-state index in [9.17, 15) is 0 Å². The van der Waals surface area contributed by atoms with Gasteiger partial charge in [-0.2, -0.15) is 8.42 Å². The van der Waals surface area contributed by atoms with Crippen LogP contribution in [-0.4, -0.2) is 31.1 Å². The Morgan fingerprint density at radius 3 is 2.48 bits per heavy atom. The molecule has 0 amide bonds. The van der Waals surface area contributed by atoms with E-state index in [0.29, 0.717) is 0 Å². The molecule has 0 bridgehead atoms. The van der Waals surface area contributed by atoms with Gasteiger partial charge in [0.05, 0.1) is 9.83 Å². The van der Waals surface area contributed by atoms with Crippen molar-refractivity contribution in [3.8, 4) is 5.75 Å². The first-order valence-electron chi connectivity index (χ1n) is 8.01. The molecule has 146 valence electrons. The Labute approximate surface area is 171 Å². The van der Waals surface area contributed by atoms with Crippen LogP contribution < -0.4 is 10.1 Å². The molecule has 1 atom stereocenters. The molecule has 3 rings (SSSR count). The quantitative estimate of drug-likeness (QED) is 0.342. The molecule has 0 spiro atoms. The van der Waals surface area contributed by atoms with Gasteiger partial charge in [0, 0.05) is 11.8 Å². The molecule has 0 aliphatic heterocycles. The number of furan rings is 1. The van der Waals surface area contributed by atoms with Crippen LogP contribution in [0.4, 0.5) is 0 Å². The minimum atomic E-state index is -4.67. The number of hydrogen-bond acceptors (Lipinski definition) is 5. The molecule has 3 aromatic rings. The molecular weight excluding hydrogens is 485 g/mol. The van der Waals surface area contributed by atoms with E-state index < -0.39 is 10.4 Å². The number of ether oxygens (including phenoxy) is 1. The second kappa shape index (κ2) is 10.0. The van der Waals surface area contributed by atoms with Crippen LogP contribution in [0.1, 0.15) is 18.3 Å². The summed E-state index contributed by atoms with van der Waals surface area (Å²) >= 11 is 2.33. The van der Waals surface area contributed by atoms with E-state index in [0.717, 1.165) is 33.4 Å². The third-order valence-corrected chi connectivity index (χ3v) is 4.46. The Kier molecular flexibility index (Phi) is 8.05. The molecule has 0 saturated heterocycles. The maximum Gasteiger partial charge on any atom is 0.394 e. The number of nitrogens with one attached hydrogen (secondary N) is 1. The summed E-state index contributed by atoms with van der Waals surface area (Å²) < 4.78 is 44.6. The predicted octanol–water partition coefficient (Wildman–Crippen LogP) is 4.11. The summed E-state index contributed by atoms with van der Waals surface area (Å²) in [5, 5.41) is 5.49. The maximum atomic E-state index is 8.74. The highest BCUT2D eigenvalue weighted by Gasteiger charge is 2.18. The maximum absolute atomic E-state index is 8.74. The van der Waals surface area contributed by atoms with Crippen LogP contribution in [0.5, 0.6) is 5.75 Å². The molecule has 3 N–H and O–H groups in total. The highest BCUT2D eigenvalue weighted by Crippen LogP contribution is 2.35. The van der Waals surface area contributed by atoms with Crippen LogP contribution >= 0.6 is 22.6 Å². The van der Waals surface area contributed by atoms with Gasteiger partial charge in [-0.15, -0.1) is 0 Å². The zero-order valence-electron chi connectivity index (χ0n) is 14.5. The number of fused-ring (bicyclic) bond motifs is 1. The average Bonchev–Trinajstić information content (AvgIpc) is 3.13. The van der Waals surface area contributed by atoms with Gasteiger partial charge in [-0.1, -0.05) is 30.3 Å². The van der Waals surface area contributed by atoms with Crippen molar-refractivity contribution < 1.29 is 26.7 Å². The van der Waals surface area contributed by atoms with Gasteiger partial charge in [-0.25, -0.2) is 0 Å². The molecule has 0 radical (unpaired) electrons. The molecule has 2 aromatic carbocycles. The van der Waals surface area contributed by atoms with Crippen LogP contribution in [0, 0.1) is 3.57 Å². The summed E-state index contributed by atoms with van der Waals surface area (Å²) in [5.41, 5.74) is 0. The van der Waals surface area contributed by atoms with Gasteiger partial charge < -0.3 is 14.5 Å². The lowest BCUT2D eigenvalue weighted by molar-refractivity contribution is 0.167. The smallest absolute Gasteiger partial charge is 0.394 e. The third-order valence-electron chi connectivity index (χ3n) is 3.61. The molecular formula is C18H20INO6S. The van der Waals surface area contributed by atoms with Crippen LogP contribution in [0.3, 0.4) is 0 Å². The summed E-state index contributed by atoms with van der Waals surface area (Å²) in [7, 11) is -2.72. The molecule has 1 aromatic heterocycles. The van der Waals surface area contributed by atoms with Crippen LogP contribution in [0.2, 0.25) is 0 Å². The van der Waals surface area contributed by atoms with Crippen molar-refractivity contribution in [2.75, 3.05) is 13.6 Å². The predicted molar refractivity (Wildman–Crippen MR) is 111 cm³/mol. The van der Waals surface area contributed by atoms with Crippen molar-refractivity contribution in [2.24, 2.45) is 0 Å². The summed E-state index contributed by atoms with van der Waals surface area (Å²) in [6.07, 6.45) is 2.45. The first-order chi connectivity index (χ1) is 12.8. The van der Waals surface area contributed by atoms with Crippen molar-refractivity contribution in [2.45, 2.75) is 12.5 Å². The van der Waals surface area contributed by atoms with Crippen molar-refractivity contribution in [1.82, 2.24) is 5.32 Å². The highest BCUT2D eigenvalue weighted by atomic mass is 127. The van der Waals surface area contributed by atoms with E-state index in [1.807, 2.05) is 31.3 Å². The summed E-state index contributed by atoms with van der Waals surface area (Å²) in [5.74, 6) is 1.79. The highest BCUT2D eigenvalue weighted by molar-refractivity contribution is 14.1. The minimum Gasteiger partial charge on any atom is -0.481 e. The largest absolute Gasteiger partial charge is 0.481 e. The first-order valence-corrected chi connectivity index (χ1v) is 10.5. The van der Waals surface area contributed by atoms with Gasteiger partial charge in [-0.05, 0) is 59.8 Å². The Morgan fingerprint density at radius 2 is 1.85 bits per heavy atom.